The molecule has 4 aliphatic heterocycles. The Morgan fingerprint density at radius 2 is 1.70 bits per heavy atom. The molecule has 0 aliphatic carbocycles. The summed E-state index contributed by atoms with van der Waals surface area (Å²) in [4.78, 5) is 43.2. The summed E-state index contributed by atoms with van der Waals surface area (Å²) in [5.41, 5.74) is 4.53. The van der Waals surface area contributed by atoms with Crippen LogP contribution in [0.2, 0.25) is 5.02 Å². The zero-order chi connectivity index (χ0) is 35.0. The van der Waals surface area contributed by atoms with E-state index in [1.807, 2.05) is 6.07 Å². The lowest BCUT2D eigenvalue weighted by Crippen LogP contribution is -2.46. The van der Waals surface area contributed by atoms with Gasteiger partial charge in [0.15, 0.2) is 0 Å². The largest absolute Gasteiger partial charge is 0.378 e. The summed E-state index contributed by atoms with van der Waals surface area (Å²) in [6, 6.07) is 14.5. The first kappa shape index (κ1) is 34.6. The van der Waals surface area contributed by atoms with Crippen LogP contribution in [0.3, 0.4) is 0 Å². The van der Waals surface area contributed by atoms with E-state index >= 15 is 4.39 Å². The van der Waals surface area contributed by atoms with E-state index in [9.17, 15) is 14.4 Å². The summed E-state index contributed by atoms with van der Waals surface area (Å²) in [6.45, 7) is 6.76. The van der Waals surface area contributed by atoms with Gasteiger partial charge in [-0.25, -0.2) is 9.07 Å². The number of aryl methyl sites for hydroxylation is 1. The van der Waals surface area contributed by atoms with Gasteiger partial charge in [-0.1, -0.05) is 41.9 Å². The Hall–Kier alpha value is -3.80. The summed E-state index contributed by atoms with van der Waals surface area (Å²) in [6.07, 6.45) is 7.72. The van der Waals surface area contributed by atoms with Crippen LogP contribution in [0.15, 0.2) is 53.5 Å². The molecule has 0 radical (unpaired) electrons. The first-order chi connectivity index (χ1) is 24.1. The fourth-order valence-corrected chi connectivity index (χ4v) is 8.79. The number of benzene rings is 2. The molecular weight excluding hydrogens is 657 g/mol. The number of imide groups is 1. The van der Waals surface area contributed by atoms with Crippen LogP contribution >= 0.6 is 11.6 Å². The molecule has 10 nitrogen and oxygen atoms in total. The van der Waals surface area contributed by atoms with E-state index in [1.54, 1.807) is 25.4 Å². The Labute approximate surface area is 298 Å². The van der Waals surface area contributed by atoms with E-state index in [0.29, 0.717) is 29.0 Å². The van der Waals surface area contributed by atoms with Gasteiger partial charge >= 0.3 is 0 Å². The second kappa shape index (κ2) is 14.4. The van der Waals surface area contributed by atoms with Crippen LogP contribution in [0.4, 0.5) is 15.8 Å². The van der Waals surface area contributed by atoms with Gasteiger partial charge < -0.3 is 15.1 Å². The average Bonchev–Trinajstić information content (AvgIpc) is 3.10. The van der Waals surface area contributed by atoms with Crippen LogP contribution in [0.25, 0.3) is 0 Å². The molecule has 266 valence electrons. The molecule has 4 saturated heterocycles. The predicted molar refractivity (Wildman–Crippen MR) is 193 cm³/mol. The topological polar surface area (TPSA) is 103 Å². The number of nitrogens with zero attached hydrogens (tertiary/aromatic N) is 5. The van der Waals surface area contributed by atoms with Crippen molar-refractivity contribution in [1.82, 2.24) is 24.9 Å². The van der Waals surface area contributed by atoms with Crippen molar-refractivity contribution in [1.29, 1.82) is 0 Å². The van der Waals surface area contributed by atoms with Gasteiger partial charge in [-0.3, -0.25) is 24.6 Å². The SMILES string of the molecule is CN1C[C@@H](Nc2cnn(C)c(=O)c2Cl)C[C@@H](c2ccc(CN3CCC4(CC3)CCN(c3ccc(C5CCC(=O)NC5=O)c(F)c3)CC4)cc2)C1. The first-order valence-corrected chi connectivity index (χ1v) is 18.3. The molecule has 1 spiro atoms. The fourth-order valence-electron chi connectivity index (χ4n) is 8.56. The Kier molecular flexibility index (Phi) is 10.0. The lowest BCUT2D eigenvalue weighted by Gasteiger charge is -2.47. The number of likely N-dealkylation sites (tertiary alicyclic amines) is 2. The number of rotatable bonds is 7. The van der Waals surface area contributed by atoms with E-state index in [1.165, 1.54) is 28.7 Å². The molecular formula is C38H47ClFN7O3. The average molecular weight is 704 g/mol. The highest BCUT2D eigenvalue weighted by Gasteiger charge is 2.38. The maximum Gasteiger partial charge on any atom is 0.287 e. The normalized spacial score (nSPS) is 24.7. The molecule has 50 heavy (non-hydrogen) atoms. The summed E-state index contributed by atoms with van der Waals surface area (Å²) < 4.78 is 16.4. The molecule has 3 atom stereocenters. The fraction of sp³-hybridized carbons (Fsp3) is 0.526. The number of carbonyl (C=O) groups excluding carboxylic acids is 2. The molecule has 5 heterocycles. The molecule has 2 aromatic carbocycles. The second-order valence-corrected chi connectivity index (χ2v) is 15.4. The number of nitrogens with one attached hydrogen (secondary N) is 2. The zero-order valence-electron chi connectivity index (χ0n) is 29.0. The summed E-state index contributed by atoms with van der Waals surface area (Å²) in [5, 5.41) is 10.1. The van der Waals surface area contributed by atoms with E-state index in [2.05, 4.69) is 61.7 Å². The maximum atomic E-state index is 15.2. The highest BCUT2D eigenvalue weighted by atomic mass is 35.5. The number of hydrogen-bond donors (Lipinski definition) is 2. The van der Waals surface area contributed by atoms with Gasteiger partial charge in [-0.05, 0) is 93.3 Å². The van der Waals surface area contributed by atoms with Crippen molar-refractivity contribution in [2.75, 3.05) is 56.5 Å². The molecule has 4 aliphatic rings. The van der Waals surface area contributed by atoms with Gasteiger partial charge in [0.25, 0.3) is 5.56 Å². The van der Waals surface area contributed by atoms with Gasteiger partial charge in [0.05, 0.1) is 17.8 Å². The molecule has 12 heteroatoms. The van der Waals surface area contributed by atoms with Crippen molar-refractivity contribution < 1.29 is 14.0 Å². The lowest BCUT2D eigenvalue weighted by atomic mass is 9.71. The predicted octanol–water partition coefficient (Wildman–Crippen LogP) is 4.88. The standard InChI is InChI=1S/C38H47ClFN7O3/c1-44-23-27(19-28(24-44)42-33-21-41-45(2)37(50)35(33)39)26-5-3-25(4-6-26)22-46-15-11-38(12-16-46)13-17-47(18-14-38)29-7-8-30(32(40)20-29)31-9-10-34(48)43-36(31)49/h3-8,20-21,27-28,31,42H,9-19,22-24H2,1-2H3,(H,43,48,49)/t27-,28+,31?/m1/s1. The van der Waals surface area contributed by atoms with Crippen molar-refractivity contribution in [3.63, 3.8) is 0 Å². The molecule has 2 amide bonds. The maximum absolute atomic E-state index is 15.2. The summed E-state index contributed by atoms with van der Waals surface area (Å²) >= 11 is 6.33. The van der Waals surface area contributed by atoms with Crippen LogP contribution in [0.1, 0.15) is 73.5 Å². The molecule has 3 aromatic rings. The van der Waals surface area contributed by atoms with Crippen molar-refractivity contribution in [3.05, 3.63) is 86.5 Å². The van der Waals surface area contributed by atoms with Crippen LogP contribution < -0.4 is 21.1 Å². The Morgan fingerprint density at radius 3 is 2.40 bits per heavy atom. The van der Waals surface area contributed by atoms with E-state index in [-0.39, 0.29) is 34.8 Å². The van der Waals surface area contributed by atoms with Crippen molar-refractivity contribution in [2.45, 2.75) is 69.4 Å². The van der Waals surface area contributed by atoms with Crippen LogP contribution in [0.5, 0.6) is 0 Å². The van der Waals surface area contributed by atoms with E-state index in [4.69, 9.17) is 11.6 Å². The molecule has 2 N–H and O–H groups in total. The minimum atomic E-state index is -0.609. The molecule has 1 unspecified atom stereocenters. The molecule has 7 rings (SSSR count). The third kappa shape index (κ3) is 7.45. The quantitative estimate of drug-likeness (QED) is 0.336. The van der Waals surface area contributed by atoms with Gasteiger partial charge in [-0.2, -0.15) is 5.10 Å². The molecule has 0 saturated carbocycles. The third-order valence-electron chi connectivity index (χ3n) is 11.6. The third-order valence-corrected chi connectivity index (χ3v) is 12.0. The van der Waals surface area contributed by atoms with Crippen molar-refractivity contribution in [2.24, 2.45) is 12.5 Å². The number of aromatic nitrogens is 2. The van der Waals surface area contributed by atoms with E-state index in [0.717, 1.165) is 70.8 Å². The second-order valence-electron chi connectivity index (χ2n) is 15.0. The molecule has 4 fully saturated rings. The van der Waals surface area contributed by atoms with Crippen molar-refractivity contribution in [3.8, 4) is 0 Å². The van der Waals surface area contributed by atoms with Gasteiger partial charge in [0, 0.05) is 63.5 Å². The lowest BCUT2D eigenvalue weighted by molar-refractivity contribution is -0.134. The van der Waals surface area contributed by atoms with Crippen LogP contribution in [-0.4, -0.2) is 83.8 Å². The van der Waals surface area contributed by atoms with Crippen LogP contribution in [-0.2, 0) is 23.2 Å². The minimum Gasteiger partial charge on any atom is -0.378 e. The number of amides is 2. The monoisotopic (exact) mass is 703 g/mol. The number of halogens is 2. The summed E-state index contributed by atoms with van der Waals surface area (Å²) in [5.74, 6) is -1.30. The van der Waals surface area contributed by atoms with Gasteiger partial charge in [-0.15, -0.1) is 0 Å². The molecule has 0 bridgehead atoms. The van der Waals surface area contributed by atoms with Crippen molar-refractivity contribution >= 4 is 34.8 Å². The Morgan fingerprint density at radius 1 is 0.980 bits per heavy atom. The number of hydrogen-bond acceptors (Lipinski definition) is 8. The number of carbonyl (C=O) groups is 2. The summed E-state index contributed by atoms with van der Waals surface area (Å²) in [7, 11) is 3.73. The zero-order valence-corrected chi connectivity index (χ0v) is 29.7. The van der Waals surface area contributed by atoms with E-state index < -0.39 is 11.8 Å². The number of anilines is 2. The Balaban J connectivity index is 0.888. The minimum absolute atomic E-state index is 0.157. The molecule has 1 aromatic heterocycles. The highest BCUT2D eigenvalue weighted by Crippen LogP contribution is 2.43. The number of likely N-dealkylation sites (N-methyl/N-ethyl adjacent to an activating group) is 1. The number of piperidine rings is 4. The Bertz CT molecular complexity index is 1780. The van der Waals surface area contributed by atoms with Crippen LogP contribution in [0, 0.1) is 11.2 Å². The smallest absolute Gasteiger partial charge is 0.287 e. The highest BCUT2D eigenvalue weighted by molar-refractivity contribution is 6.32. The first-order valence-electron chi connectivity index (χ1n) is 17.9. The van der Waals surface area contributed by atoms with Gasteiger partial charge in [0.2, 0.25) is 11.8 Å². The van der Waals surface area contributed by atoms with Gasteiger partial charge in [0.1, 0.15) is 10.8 Å².